The summed E-state index contributed by atoms with van der Waals surface area (Å²) in [5.41, 5.74) is 12.2. The SMILES string of the molecule is C=C(N)/C(N)=C/c1ccc(OCC(F)(F)F)cc1. The van der Waals surface area contributed by atoms with Crippen molar-refractivity contribution in [3.63, 3.8) is 0 Å². The summed E-state index contributed by atoms with van der Waals surface area (Å²) >= 11 is 0. The molecule has 0 aromatic heterocycles. The van der Waals surface area contributed by atoms with Gasteiger partial charge in [-0.1, -0.05) is 18.7 Å². The molecule has 1 aromatic carbocycles. The van der Waals surface area contributed by atoms with Crippen LogP contribution in [0.1, 0.15) is 5.56 Å². The Morgan fingerprint density at radius 2 is 1.78 bits per heavy atom. The summed E-state index contributed by atoms with van der Waals surface area (Å²) in [5.74, 6) is 0.134. The van der Waals surface area contributed by atoms with Crippen LogP contribution in [0.25, 0.3) is 6.08 Å². The Morgan fingerprint density at radius 3 is 2.22 bits per heavy atom. The van der Waals surface area contributed by atoms with E-state index in [0.29, 0.717) is 11.3 Å². The van der Waals surface area contributed by atoms with Gasteiger partial charge in [-0.2, -0.15) is 13.2 Å². The van der Waals surface area contributed by atoms with E-state index in [2.05, 4.69) is 11.3 Å². The van der Waals surface area contributed by atoms with E-state index in [0.717, 1.165) is 0 Å². The number of hydrogen-bond donors (Lipinski definition) is 2. The van der Waals surface area contributed by atoms with Gasteiger partial charge in [-0.3, -0.25) is 0 Å². The lowest BCUT2D eigenvalue weighted by molar-refractivity contribution is -0.153. The molecule has 1 rings (SSSR count). The number of halogens is 3. The molecule has 0 saturated carbocycles. The van der Waals surface area contributed by atoms with Crippen LogP contribution in [0, 0.1) is 0 Å². The van der Waals surface area contributed by atoms with Gasteiger partial charge in [0.05, 0.1) is 5.70 Å². The molecule has 0 fully saturated rings. The fraction of sp³-hybridized carbons (Fsp3) is 0.167. The molecule has 0 spiro atoms. The minimum Gasteiger partial charge on any atom is -0.484 e. The second-order valence-electron chi connectivity index (χ2n) is 3.60. The molecule has 0 aliphatic carbocycles. The third-order valence-electron chi connectivity index (χ3n) is 1.98. The fourth-order valence-electron chi connectivity index (χ4n) is 1.10. The second-order valence-corrected chi connectivity index (χ2v) is 3.60. The van der Waals surface area contributed by atoms with E-state index >= 15 is 0 Å². The second kappa shape index (κ2) is 5.48. The van der Waals surface area contributed by atoms with Crippen LogP contribution in [0.3, 0.4) is 0 Å². The molecular formula is C12H13F3N2O. The molecule has 18 heavy (non-hydrogen) atoms. The van der Waals surface area contributed by atoms with Crippen LogP contribution >= 0.6 is 0 Å². The molecule has 98 valence electrons. The number of alkyl halides is 3. The third kappa shape index (κ3) is 4.82. The molecule has 0 heterocycles. The molecule has 0 bridgehead atoms. The first kappa shape index (κ1) is 14.0. The largest absolute Gasteiger partial charge is 0.484 e. The van der Waals surface area contributed by atoms with E-state index in [1.165, 1.54) is 12.1 Å². The highest BCUT2D eigenvalue weighted by atomic mass is 19.4. The summed E-state index contributed by atoms with van der Waals surface area (Å²) in [7, 11) is 0. The van der Waals surface area contributed by atoms with E-state index in [9.17, 15) is 13.2 Å². The minimum absolute atomic E-state index is 0.134. The lowest BCUT2D eigenvalue weighted by Gasteiger charge is -2.09. The zero-order valence-corrected chi connectivity index (χ0v) is 9.50. The molecule has 0 radical (unpaired) electrons. The fourth-order valence-corrected chi connectivity index (χ4v) is 1.10. The van der Waals surface area contributed by atoms with Gasteiger partial charge in [0, 0.05) is 5.70 Å². The van der Waals surface area contributed by atoms with Crippen molar-refractivity contribution >= 4 is 6.08 Å². The van der Waals surface area contributed by atoms with E-state index in [4.69, 9.17) is 11.5 Å². The lowest BCUT2D eigenvalue weighted by atomic mass is 10.1. The van der Waals surface area contributed by atoms with Crippen LogP contribution in [0.5, 0.6) is 5.75 Å². The van der Waals surface area contributed by atoms with Gasteiger partial charge in [-0.15, -0.1) is 0 Å². The van der Waals surface area contributed by atoms with E-state index in [-0.39, 0.29) is 11.4 Å². The topological polar surface area (TPSA) is 61.3 Å². The van der Waals surface area contributed by atoms with E-state index < -0.39 is 12.8 Å². The highest BCUT2D eigenvalue weighted by Gasteiger charge is 2.28. The first-order valence-electron chi connectivity index (χ1n) is 4.99. The molecule has 0 aliphatic rings. The normalized spacial score (nSPS) is 12.3. The predicted molar refractivity (Wildman–Crippen MR) is 63.5 cm³/mol. The van der Waals surface area contributed by atoms with Crippen LogP contribution in [0.4, 0.5) is 13.2 Å². The average molecular weight is 258 g/mol. The Bertz CT molecular complexity index is 449. The number of nitrogens with two attached hydrogens (primary N) is 2. The Hall–Kier alpha value is -2.11. The van der Waals surface area contributed by atoms with Crippen molar-refractivity contribution < 1.29 is 17.9 Å². The molecule has 1 aromatic rings. The van der Waals surface area contributed by atoms with Crippen molar-refractivity contribution in [1.29, 1.82) is 0 Å². The number of ether oxygens (including phenoxy) is 1. The highest BCUT2D eigenvalue weighted by molar-refractivity contribution is 5.57. The summed E-state index contributed by atoms with van der Waals surface area (Å²) in [4.78, 5) is 0. The van der Waals surface area contributed by atoms with Gasteiger partial charge in [0.25, 0.3) is 0 Å². The average Bonchev–Trinajstić information content (AvgIpc) is 2.27. The molecule has 0 amide bonds. The van der Waals surface area contributed by atoms with Crippen LogP contribution in [0.15, 0.2) is 42.2 Å². The summed E-state index contributed by atoms with van der Waals surface area (Å²) in [5, 5.41) is 0. The van der Waals surface area contributed by atoms with Gasteiger partial charge < -0.3 is 16.2 Å². The minimum atomic E-state index is -4.35. The number of benzene rings is 1. The Labute approximate surface area is 103 Å². The Balaban J connectivity index is 2.69. The molecule has 0 saturated heterocycles. The lowest BCUT2D eigenvalue weighted by Crippen LogP contribution is -2.19. The molecular weight excluding hydrogens is 245 g/mol. The maximum atomic E-state index is 11.9. The van der Waals surface area contributed by atoms with Gasteiger partial charge in [-0.05, 0) is 23.8 Å². The van der Waals surface area contributed by atoms with Crippen molar-refractivity contribution in [3.8, 4) is 5.75 Å². The van der Waals surface area contributed by atoms with Crippen molar-refractivity contribution in [1.82, 2.24) is 0 Å². The Morgan fingerprint density at radius 1 is 1.22 bits per heavy atom. The first-order chi connectivity index (χ1) is 8.28. The maximum absolute atomic E-state index is 11.9. The molecule has 4 N–H and O–H groups in total. The molecule has 0 atom stereocenters. The van der Waals surface area contributed by atoms with Gasteiger partial charge >= 0.3 is 6.18 Å². The summed E-state index contributed by atoms with van der Waals surface area (Å²) < 4.78 is 40.3. The van der Waals surface area contributed by atoms with Crippen LogP contribution in [-0.4, -0.2) is 12.8 Å². The van der Waals surface area contributed by atoms with Crippen LogP contribution in [0.2, 0.25) is 0 Å². The van der Waals surface area contributed by atoms with Gasteiger partial charge in [0.2, 0.25) is 0 Å². The quantitative estimate of drug-likeness (QED) is 0.815. The maximum Gasteiger partial charge on any atom is 0.422 e. The number of rotatable bonds is 4. The standard InChI is InChI=1S/C12H13F3N2O/c1-8(16)11(17)6-9-2-4-10(5-3-9)18-7-12(13,14)15/h2-6H,1,7,16-17H2/b11-6-. The molecule has 0 aliphatic heterocycles. The number of hydrogen-bond acceptors (Lipinski definition) is 3. The summed E-state index contributed by atoms with van der Waals surface area (Å²) in [6.07, 6.45) is -2.78. The zero-order chi connectivity index (χ0) is 13.8. The molecule has 6 heteroatoms. The third-order valence-corrected chi connectivity index (χ3v) is 1.98. The molecule has 3 nitrogen and oxygen atoms in total. The van der Waals surface area contributed by atoms with Crippen molar-refractivity contribution in [2.45, 2.75) is 6.18 Å². The Kier molecular flexibility index (Phi) is 4.25. The molecule has 0 unspecified atom stereocenters. The predicted octanol–water partition coefficient (Wildman–Crippen LogP) is 2.40. The summed E-state index contributed by atoms with van der Waals surface area (Å²) in [6, 6.07) is 5.98. The van der Waals surface area contributed by atoms with Gasteiger partial charge in [0.15, 0.2) is 6.61 Å². The van der Waals surface area contributed by atoms with Crippen molar-refractivity contribution in [2.75, 3.05) is 6.61 Å². The first-order valence-corrected chi connectivity index (χ1v) is 4.99. The monoisotopic (exact) mass is 258 g/mol. The van der Waals surface area contributed by atoms with Gasteiger partial charge in [-0.25, -0.2) is 0 Å². The van der Waals surface area contributed by atoms with Crippen molar-refractivity contribution in [3.05, 3.63) is 47.8 Å². The van der Waals surface area contributed by atoms with Crippen LogP contribution in [-0.2, 0) is 0 Å². The zero-order valence-electron chi connectivity index (χ0n) is 9.50. The van der Waals surface area contributed by atoms with E-state index in [1.54, 1.807) is 18.2 Å². The van der Waals surface area contributed by atoms with Crippen molar-refractivity contribution in [2.24, 2.45) is 11.5 Å². The summed E-state index contributed by atoms with van der Waals surface area (Å²) in [6.45, 7) is 2.14. The van der Waals surface area contributed by atoms with E-state index in [1.807, 2.05) is 0 Å². The van der Waals surface area contributed by atoms with Gasteiger partial charge in [0.1, 0.15) is 5.75 Å². The smallest absolute Gasteiger partial charge is 0.422 e. The van der Waals surface area contributed by atoms with Crippen LogP contribution < -0.4 is 16.2 Å². The highest BCUT2D eigenvalue weighted by Crippen LogP contribution is 2.19.